The van der Waals surface area contributed by atoms with Gasteiger partial charge in [0.2, 0.25) is 11.7 Å². The van der Waals surface area contributed by atoms with Crippen molar-refractivity contribution < 1.29 is 14.2 Å². The lowest BCUT2D eigenvalue weighted by Gasteiger charge is -2.32. The number of benzene rings is 2. The van der Waals surface area contributed by atoms with Gasteiger partial charge in [-0.25, -0.2) is 4.98 Å². The summed E-state index contributed by atoms with van der Waals surface area (Å²) in [5.74, 6) is 2.71. The summed E-state index contributed by atoms with van der Waals surface area (Å²) in [5, 5.41) is 6.72. The number of para-hydroxylation sites is 1. The molecular weight excluding hydrogens is 512 g/mol. The molecule has 0 bridgehead atoms. The maximum Gasteiger partial charge on any atom is 0.229 e. The molecule has 2 heterocycles. The number of ether oxygens (including phenoxy) is 3. The molecule has 2 N–H and O–H groups in total. The predicted molar refractivity (Wildman–Crippen MR) is 142 cm³/mol. The van der Waals surface area contributed by atoms with Gasteiger partial charge in [0.15, 0.2) is 11.5 Å². The van der Waals surface area contributed by atoms with Gasteiger partial charge in [0, 0.05) is 62.4 Å². The van der Waals surface area contributed by atoms with Crippen molar-refractivity contribution in [2.24, 2.45) is 0 Å². The van der Waals surface area contributed by atoms with Crippen LogP contribution < -0.4 is 24.8 Å². The first-order valence-corrected chi connectivity index (χ1v) is 12.2. The largest absolute Gasteiger partial charge is 0.493 e. The molecule has 0 saturated carbocycles. The molecule has 1 saturated heterocycles. The van der Waals surface area contributed by atoms with E-state index in [-0.39, 0.29) is 0 Å². The number of likely N-dealkylation sites (N-methyl/N-ethyl adjacent to an activating group) is 1. The second-order valence-corrected chi connectivity index (χ2v) is 9.15. The Morgan fingerprint density at radius 3 is 2.29 bits per heavy atom. The van der Waals surface area contributed by atoms with Gasteiger partial charge in [-0.1, -0.05) is 18.2 Å². The van der Waals surface area contributed by atoms with Crippen LogP contribution in [0.2, 0.25) is 0 Å². The average Bonchev–Trinajstić information content (AvgIpc) is 2.87. The number of halogens is 1. The van der Waals surface area contributed by atoms with Crippen LogP contribution in [-0.4, -0.2) is 74.3 Å². The molecule has 1 aromatic heterocycles. The van der Waals surface area contributed by atoms with Crippen LogP contribution in [0.5, 0.6) is 17.2 Å². The van der Waals surface area contributed by atoms with E-state index in [2.05, 4.69) is 66.6 Å². The monoisotopic (exact) mass is 542 g/mol. The lowest BCUT2D eigenvalue weighted by Crippen LogP contribution is -2.43. The minimum absolute atomic E-state index is 0.432. The Morgan fingerprint density at radius 1 is 0.943 bits per heavy atom. The van der Waals surface area contributed by atoms with Crippen molar-refractivity contribution in [3.63, 3.8) is 0 Å². The molecule has 0 amide bonds. The predicted octanol–water partition coefficient (Wildman–Crippen LogP) is 4.50. The van der Waals surface area contributed by atoms with Gasteiger partial charge in [0.05, 0.1) is 25.8 Å². The van der Waals surface area contributed by atoms with Crippen molar-refractivity contribution in [1.29, 1.82) is 0 Å². The molecule has 10 heteroatoms. The number of hydrogen-bond donors (Lipinski definition) is 2. The molecule has 186 valence electrons. The molecule has 0 unspecified atom stereocenters. The number of hydrogen-bond acceptors (Lipinski definition) is 9. The van der Waals surface area contributed by atoms with Gasteiger partial charge in [0.1, 0.15) is 5.82 Å². The molecule has 2 aromatic carbocycles. The van der Waals surface area contributed by atoms with Crippen molar-refractivity contribution in [2.45, 2.75) is 6.54 Å². The molecular formula is C25H31BrN6O3. The van der Waals surface area contributed by atoms with Gasteiger partial charge < -0.3 is 29.7 Å². The molecule has 0 atom stereocenters. The second kappa shape index (κ2) is 11.6. The third-order valence-corrected chi connectivity index (χ3v) is 6.51. The number of aromatic nitrogens is 2. The van der Waals surface area contributed by atoms with Crippen molar-refractivity contribution in [1.82, 2.24) is 19.8 Å². The third kappa shape index (κ3) is 6.14. The molecule has 35 heavy (non-hydrogen) atoms. The third-order valence-electron chi connectivity index (χ3n) is 5.93. The van der Waals surface area contributed by atoms with Crippen LogP contribution in [0.15, 0.2) is 47.1 Å². The smallest absolute Gasteiger partial charge is 0.229 e. The number of piperazine rings is 1. The summed E-state index contributed by atoms with van der Waals surface area (Å²) in [4.78, 5) is 14.0. The topological polar surface area (TPSA) is 84.0 Å². The number of rotatable bonds is 9. The molecule has 1 aliphatic heterocycles. The highest BCUT2D eigenvalue weighted by atomic mass is 79.9. The van der Waals surface area contributed by atoms with E-state index in [1.54, 1.807) is 27.5 Å². The molecule has 0 spiro atoms. The molecule has 1 aliphatic rings. The van der Waals surface area contributed by atoms with E-state index in [0.29, 0.717) is 34.7 Å². The van der Waals surface area contributed by atoms with Crippen LogP contribution in [0, 0.1) is 0 Å². The van der Waals surface area contributed by atoms with E-state index >= 15 is 0 Å². The van der Waals surface area contributed by atoms with Crippen molar-refractivity contribution in [3.8, 4) is 17.2 Å². The lowest BCUT2D eigenvalue weighted by molar-refractivity contribution is 0.148. The fourth-order valence-electron chi connectivity index (χ4n) is 3.95. The quantitative estimate of drug-likeness (QED) is 0.405. The first-order chi connectivity index (χ1) is 17.0. The summed E-state index contributed by atoms with van der Waals surface area (Å²) in [6.07, 6.45) is 1.72. The zero-order chi connectivity index (χ0) is 24.8. The number of anilines is 4. The van der Waals surface area contributed by atoms with Crippen LogP contribution in [-0.2, 0) is 6.54 Å². The van der Waals surface area contributed by atoms with Crippen molar-refractivity contribution in [2.75, 3.05) is 65.2 Å². The van der Waals surface area contributed by atoms with Crippen LogP contribution in [0.3, 0.4) is 0 Å². The first kappa shape index (κ1) is 25.0. The van der Waals surface area contributed by atoms with Gasteiger partial charge >= 0.3 is 0 Å². The normalized spacial score (nSPS) is 14.4. The minimum Gasteiger partial charge on any atom is -0.493 e. The Bertz CT molecular complexity index is 1130. The Hall–Kier alpha value is -3.08. The Kier molecular flexibility index (Phi) is 8.27. The Labute approximate surface area is 214 Å². The standard InChI is InChI=1S/C25H31BrN6O3/c1-31-9-11-32(12-10-31)16-17-7-5-6-8-20(17)29-24-19(26)15-27-25(30-24)28-18-13-21(33-2)23(35-4)22(14-18)34-3/h5-8,13-15H,9-12,16H2,1-4H3,(H2,27,28,29,30). The van der Waals surface area contributed by atoms with Crippen molar-refractivity contribution in [3.05, 3.63) is 52.6 Å². The van der Waals surface area contributed by atoms with Crippen molar-refractivity contribution >= 4 is 39.1 Å². The molecule has 1 fully saturated rings. The van der Waals surface area contributed by atoms with E-state index in [4.69, 9.17) is 19.2 Å². The Morgan fingerprint density at radius 2 is 1.63 bits per heavy atom. The van der Waals surface area contributed by atoms with Gasteiger partial charge in [0.25, 0.3) is 0 Å². The summed E-state index contributed by atoms with van der Waals surface area (Å²) < 4.78 is 17.1. The summed E-state index contributed by atoms with van der Waals surface area (Å²) in [6.45, 7) is 5.18. The van der Waals surface area contributed by atoms with Crippen LogP contribution >= 0.6 is 15.9 Å². The average molecular weight is 543 g/mol. The molecule has 0 aliphatic carbocycles. The van der Waals surface area contributed by atoms with Gasteiger partial charge in [-0.2, -0.15) is 4.98 Å². The first-order valence-electron chi connectivity index (χ1n) is 11.4. The number of nitrogens with one attached hydrogen (secondary N) is 2. The summed E-state index contributed by atoms with van der Waals surface area (Å²) in [5.41, 5.74) is 2.95. The van der Waals surface area contributed by atoms with Gasteiger partial charge in [-0.15, -0.1) is 0 Å². The van der Waals surface area contributed by atoms with Crippen LogP contribution in [0.4, 0.5) is 23.1 Å². The zero-order valence-electron chi connectivity index (χ0n) is 20.5. The van der Waals surface area contributed by atoms with Gasteiger partial charge in [-0.05, 0) is 34.6 Å². The number of methoxy groups -OCH3 is 3. The Balaban J connectivity index is 1.54. The highest BCUT2D eigenvalue weighted by molar-refractivity contribution is 9.10. The van der Waals surface area contributed by atoms with Gasteiger partial charge in [-0.3, -0.25) is 4.90 Å². The fraction of sp³-hybridized carbons (Fsp3) is 0.360. The van der Waals surface area contributed by atoms with E-state index < -0.39 is 0 Å². The highest BCUT2D eigenvalue weighted by Crippen LogP contribution is 2.40. The fourth-order valence-corrected chi connectivity index (χ4v) is 4.24. The molecule has 9 nitrogen and oxygen atoms in total. The SMILES string of the molecule is COc1cc(Nc2ncc(Br)c(Nc3ccccc3CN3CCN(C)CC3)n2)cc(OC)c1OC. The molecule has 3 aromatic rings. The summed E-state index contributed by atoms with van der Waals surface area (Å²) in [6, 6.07) is 12.0. The second-order valence-electron chi connectivity index (χ2n) is 8.29. The van der Waals surface area contributed by atoms with E-state index in [1.807, 2.05) is 18.2 Å². The van der Waals surface area contributed by atoms with E-state index in [1.165, 1.54) is 5.56 Å². The molecule has 4 rings (SSSR count). The summed E-state index contributed by atoms with van der Waals surface area (Å²) >= 11 is 3.58. The number of nitrogens with zero attached hydrogens (tertiary/aromatic N) is 4. The highest BCUT2D eigenvalue weighted by Gasteiger charge is 2.17. The van der Waals surface area contributed by atoms with E-state index in [0.717, 1.165) is 42.9 Å². The van der Waals surface area contributed by atoms with E-state index in [9.17, 15) is 0 Å². The van der Waals surface area contributed by atoms with Crippen LogP contribution in [0.1, 0.15) is 5.56 Å². The van der Waals surface area contributed by atoms with Crippen LogP contribution in [0.25, 0.3) is 0 Å². The minimum atomic E-state index is 0.432. The zero-order valence-corrected chi connectivity index (χ0v) is 22.1. The maximum atomic E-state index is 5.45. The maximum absolute atomic E-state index is 5.45. The summed E-state index contributed by atoms with van der Waals surface area (Å²) in [7, 11) is 6.91. The molecule has 0 radical (unpaired) electrons. The lowest BCUT2D eigenvalue weighted by atomic mass is 10.1.